The molecule has 0 saturated heterocycles. The summed E-state index contributed by atoms with van der Waals surface area (Å²) in [5, 5.41) is 8.92. The highest BCUT2D eigenvalue weighted by Gasteiger charge is 2.12. The van der Waals surface area contributed by atoms with Crippen LogP contribution in [0.2, 0.25) is 0 Å². The number of thioether (sulfide) groups is 1. The second-order valence-corrected chi connectivity index (χ2v) is 4.29. The van der Waals surface area contributed by atoms with Gasteiger partial charge in [0, 0.05) is 10.5 Å². The molecule has 5 heteroatoms. The molecule has 90 valence electrons. The second kappa shape index (κ2) is 6.10. The fourth-order valence-corrected chi connectivity index (χ4v) is 1.93. The maximum Gasteiger partial charge on any atom is 0.347 e. The van der Waals surface area contributed by atoms with E-state index in [9.17, 15) is 9.59 Å². The van der Waals surface area contributed by atoms with Crippen molar-refractivity contribution in [2.75, 3.05) is 7.11 Å². The first-order chi connectivity index (χ1) is 8.08. The molecule has 0 aromatic heterocycles. The van der Waals surface area contributed by atoms with Crippen molar-refractivity contribution in [2.45, 2.75) is 11.8 Å². The van der Waals surface area contributed by atoms with E-state index in [0.29, 0.717) is 16.7 Å². The van der Waals surface area contributed by atoms with Gasteiger partial charge in [-0.1, -0.05) is 23.9 Å². The molecule has 1 aromatic rings. The molecule has 0 atom stereocenters. The van der Waals surface area contributed by atoms with Crippen molar-refractivity contribution in [2.24, 2.45) is 0 Å². The van der Waals surface area contributed by atoms with Gasteiger partial charge in [0.15, 0.2) is 5.78 Å². The Balaban J connectivity index is 2.91. The Morgan fingerprint density at radius 1 is 1.41 bits per heavy atom. The van der Waals surface area contributed by atoms with Crippen LogP contribution in [0, 0.1) is 0 Å². The zero-order chi connectivity index (χ0) is 12.8. The summed E-state index contributed by atoms with van der Waals surface area (Å²) in [6.45, 7) is 1.47. The summed E-state index contributed by atoms with van der Waals surface area (Å²) in [6, 6.07) is 6.79. The number of aliphatic hydroxyl groups excluding tert-OH is 1. The molecular weight excluding hydrogens is 240 g/mol. The number of Topliss-reactive ketones (excluding diaryl/α,β-unsaturated/α-hetero) is 1. The standard InChI is InChI=1S/C12H12O4S/c1-8(14)9-4-3-5-10(6-9)17-11(7-13)12(15)16-2/h3-7,13H,1-2H3/b11-7+. The third-order valence-electron chi connectivity index (χ3n) is 1.97. The number of rotatable bonds is 4. The lowest BCUT2D eigenvalue weighted by Gasteiger charge is -2.04. The number of hydrogen-bond donors (Lipinski definition) is 1. The molecule has 1 aromatic carbocycles. The Labute approximate surface area is 103 Å². The van der Waals surface area contributed by atoms with E-state index in [1.807, 2.05) is 0 Å². The van der Waals surface area contributed by atoms with Gasteiger partial charge < -0.3 is 9.84 Å². The SMILES string of the molecule is COC(=O)/C(=C\O)Sc1cccc(C(C)=O)c1. The first-order valence-corrected chi connectivity index (χ1v) is 5.61. The number of carbonyl (C=O) groups excluding carboxylic acids is 2. The summed E-state index contributed by atoms with van der Waals surface area (Å²) < 4.78 is 4.50. The van der Waals surface area contributed by atoms with E-state index in [1.165, 1.54) is 14.0 Å². The molecule has 4 nitrogen and oxygen atoms in total. The van der Waals surface area contributed by atoms with Crippen molar-refractivity contribution in [3.8, 4) is 0 Å². The smallest absolute Gasteiger partial charge is 0.347 e. The van der Waals surface area contributed by atoms with Crippen LogP contribution >= 0.6 is 11.8 Å². The Bertz CT molecular complexity index is 465. The first kappa shape index (κ1) is 13.3. The number of methoxy groups -OCH3 is 1. The predicted octanol–water partition coefficient (Wildman–Crippen LogP) is 2.55. The Morgan fingerprint density at radius 2 is 2.12 bits per heavy atom. The van der Waals surface area contributed by atoms with Crippen molar-refractivity contribution in [3.63, 3.8) is 0 Å². The van der Waals surface area contributed by atoms with Crippen molar-refractivity contribution >= 4 is 23.5 Å². The van der Waals surface area contributed by atoms with Crippen molar-refractivity contribution in [3.05, 3.63) is 41.0 Å². The molecule has 0 radical (unpaired) electrons. The molecule has 0 heterocycles. The van der Waals surface area contributed by atoms with Gasteiger partial charge in [-0.2, -0.15) is 0 Å². The van der Waals surface area contributed by atoms with E-state index < -0.39 is 5.97 Å². The molecule has 0 bridgehead atoms. The van der Waals surface area contributed by atoms with Gasteiger partial charge in [0.25, 0.3) is 0 Å². The zero-order valence-corrected chi connectivity index (χ0v) is 10.3. The van der Waals surface area contributed by atoms with Gasteiger partial charge in [0.2, 0.25) is 0 Å². The summed E-state index contributed by atoms with van der Waals surface area (Å²) in [7, 11) is 1.23. The van der Waals surface area contributed by atoms with Gasteiger partial charge in [-0.3, -0.25) is 4.79 Å². The number of aliphatic hydroxyl groups is 1. The number of benzene rings is 1. The molecule has 17 heavy (non-hydrogen) atoms. The van der Waals surface area contributed by atoms with Crippen LogP contribution in [0.25, 0.3) is 0 Å². The summed E-state index contributed by atoms with van der Waals surface area (Å²) in [5.74, 6) is -0.675. The average molecular weight is 252 g/mol. The van der Waals surface area contributed by atoms with Crippen LogP contribution in [0.4, 0.5) is 0 Å². The predicted molar refractivity (Wildman–Crippen MR) is 65.0 cm³/mol. The summed E-state index contributed by atoms with van der Waals surface area (Å²) in [4.78, 5) is 23.2. The Hall–Kier alpha value is -1.75. The maximum atomic E-state index is 11.2. The first-order valence-electron chi connectivity index (χ1n) is 4.80. The average Bonchev–Trinajstić information content (AvgIpc) is 2.35. The third kappa shape index (κ3) is 3.64. The van der Waals surface area contributed by atoms with Crippen molar-refractivity contribution in [1.29, 1.82) is 0 Å². The van der Waals surface area contributed by atoms with Gasteiger partial charge in [-0.15, -0.1) is 0 Å². The lowest BCUT2D eigenvalue weighted by atomic mass is 10.2. The van der Waals surface area contributed by atoms with Gasteiger partial charge in [0.05, 0.1) is 7.11 Å². The normalized spacial score (nSPS) is 11.1. The molecule has 0 unspecified atom stereocenters. The van der Waals surface area contributed by atoms with E-state index in [-0.39, 0.29) is 10.7 Å². The monoisotopic (exact) mass is 252 g/mol. The number of hydrogen-bond acceptors (Lipinski definition) is 5. The topological polar surface area (TPSA) is 63.6 Å². The molecule has 0 spiro atoms. The zero-order valence-electron chi connectivity index (χ0n) is 9.47. The van der Waals surface area contributed by atoms with Crippen LogP contribution < -0.4 is 0 Å². The molecule has 1 rings (SSSR count). The van der Waals surface area contributed by atoms with Crippen molar-refractivity contribution < 1.29 is 19.4 Å². The van der Waals surface area contributed by atoms with Crippen molar-refractivity contribution in [1.82, 2.24) is 0 Å². The van der Waals surface area contributed by atoms with Gasteiger partial charge in [-0.25, -0.2) is 4.79 Å². The van der Waals surface area contributed by atoms with Gasteiger partial charge in [-0.05, 0) is 19.1 Å². The molecule has 0 fully saturated rings. The highest BCUT2D eigenvalue weighted by molar-refractivity contribution is 8.04. The second-order valence-electron chi connectivity index (χ2n) is 3.17. The number of esters is 1. The van der Waals surface area contributed by atoms with E-state index in [1.54, 1.807) is 24.3 Å². The van der Waals surface area contributed by atoms with Crippen LogP contribution in [0.3, 0.4) is 0 Å². The van der Waals surface area contributed by atoms with Crippen LogP contribution in [-0.4, -0.2) is 24.0 Å². The van der Waals surface area contributed by atoms with E-state index in [2.05, 4.69) is 4.74 Å². The van der Waals surface area contributed by atoms with E-state index in [0.717, 1.165) is 11.8 Å². The molecule has 0 aliphatic heterocycles. The van der Waals surface area contributed by atoms with E-state index in [4.69, 9.17) is 5.11 Å². The fraction of sp³-hybridized carbons (Fsp3) is 0.167. The summed E-state index contributed by atoms with van der Waals surface area (Å²) >= 11 is 1.04. The summed E-state index contributed by atoms with van der Waals surface area (Å²) in [6.07, 6.45) is 0.691. The largest absolute Gasteiger partial charge is 0.514 e. The minimum absolute atomic E-state index is 0.0555. The minimum Gasteiger partial charge on any atom is -0.514 e. The molecule has 0 aliphatic carbocycles. The van der Waals surface area contributed by atoms with E-state index >= 15 is 0 Å². The van der Waals surface area contributed by atoms with Crippen LogP contribution in [0.5, 0.6) is 0 Å². The molecule has 0 aliphatic rings. The quantitative estimate of drug-likeness (QED) is 0.293. The third-order valence-corrected chi connectivity index (χ3v) is 2.95. The molecule has 1 N–H and O–H groups in total. The number of ketones is 1. The van der Waals surface area contributed by atoms with Gasteiger partial charge in [0.1, 0.15) is 11.2 Å². The molecule has 0 saturated carbocycles. The van der Waals surface area contributed by atoms with Gasteiger partial charge >= 0.3 is 5.97 Å². The molecular formula is C12H12O4S. The van der Waals surface area contributed by atoms with Crippen LogP contribution in [0.15, 0.2) is 40.3 Å². The summed E-state index contributed by atoms with van der Waals surface area (Å²) in [5.41, 5.74) is 0.553. The Morgan fingerprint density at radius 3 is 2.65 bits per heavy atom. The lowest BCUT2D eigenvalue weighted by Crippen LogP contribution is -2.02. The highest BCUT2D eigenvalue weighted by atomic mass is 32.2. The van der Waals surface area contributed by atoms with Crippen LogP contribution in [0.1, 0.15) is 17.3 Å². The fourth-order valence-electron chi connectivity index (χ4n) is 1.13. The molecule has 0 amide bonds. The highest BCUT2D eigenvalue weighted by Crippen LogP contribution is 2.27. The van der Waals surface area contributed by atoms with Crippen LogP contribution in [-0.2, 0) is 9.53 Å². The Kier molecular flexibility index (Phi) is 4.78. The maximum absolute atomic E-state index is 11.2. The minimum atomic E-state index is -0.620. The number of carbonyl (C=O) groups is 2. The number of ether oxygens (including phenoxy) is 1. The lowest BCUT2D eigenvalue weighted by molar-refractivity contribution is -0.135.